The van der Waals surface area contributed by atoms with Crippen molar-refractivity contribution in [1.29, 1.82) is 0 Å². The lowest BCUT2D eigenvalue weighted by Crippen LogP contribution is -2.31. The lowest BCUT2D eigenvalue weighted by Gasteiger charge is -2.26. The summed E-state index contributed by atoms with van der Waals surface area (Å²) in [6, 6.07) is 10.4. The second kappa shape index (κ2) is 9.60. The van der Waals surface area contributed by atoms with Crippen molar-refractivity contribution in [1.82, 2.24) is 4.90 Å². The van der Waals surface area contributed by atoms with Crippen LogP contribution in [-0.4, -0.2) is 47.7 Å². The Kier molecular flexibility index (Phi) is 7.07. The van der Waals surface area contributed by atoms with E-state index in [1.165, 1.54) is 31.3 Å². The quantitative estimate of drug-likeness (QED) is 0.617. The number of hydrogen-bond donors (Lipinski definition) is 1. The van der Waals surface area contributed by atoms with Crippen LogP contribution >= 0.6 is 11.8 Å². The number of benzene rings is 2. The van der Waals surface area contributed by atoms with Crippen molar-refractivity contribution in [3.63, 3.8) is 0 Å². The van der Waals surface area contributed by atoms with Gasteiger partial charge in [0.15, 0.2) is 11.5 Å². The minimum atomic E-state index is -4.86. The van der Waals surface area contributed by atoms with Crippen LogP contribution in [0.2, 0.25) is 0 Å². The van der Waals surface area contributed by atoms with Crippen LogP contribution in [0.15, 0.2) is 42.5 Å². The van der Waals surface area contributed by atoms with Gasteiger partial charge >= 0.3 is 12.3 Å². The molecule has 2 aromatic carbocycles. The number of aliphatic carboxylic acids is 1. The van der Waals surface area contributed by atoms with Crippen LogP contribution in [-0.2, 0) is 16.1 Å². The van der Waals surface area contributed by atoms with Gasteiger partial charge in [0.1, 0.15) is 11.1 Å². The molecule has 0 aromatic heterocycles. The average Bonchev–Trinajstić information content (AvgIpc) is 3.01. The zero-order chi connectivity index (χ0) is 23.5. The highest BCUT2D eigenvalue weighted by Crippen LogP contribution is 2.46. The largest absolute Gasteiger partial charge is 0.573 e. The number of amides is 1. The first kappa shape index (κ1) is 23.6. The highest BCUT2D eigenvalue weighted by molar-refractivity contribution is 8.01. The van der Waals surface area contributed by atoms with Crippen molar-refractivity contribution in [2.75, 3.05) is 14.2 Å². The van der Waals surface area contributed by atoms with E-state index in [2.05, 4.69) is 4.74 Å². The summed E-state index contributed by atoms with van der Waals surface area (Å²) in [6.07, 6.45) is -5.28. The third-order valence-electron chi connectivity index (χ3n) is 4.70. The molecule has 1 aliphatic rings. The fourth-order valence-corrected chi connectivity index (χ4v) is 4.86. The molecule has 3 rings (SSSR count). The molecular formula is C21H20F3NO6S. The number of methoxy groups -OCH3 is 2. The predicted molar refractivity (Wildman–Crippen MR) is 110 cm³/mol. The summed E-state index contributed by atoms with van der Waals surface area (Å²) in [5.74, 6) is -1.16. The van der Waals surface area contributed by atoms with Crippen molar-refractivity contribution < 1.29 is 42.1 Å². The van der Waals surface area contributed by atoms with Gasteiger partial charge in [-0.3, -0.25) is 9.59 Å². The standard InChI is InChI=1S/C21H20F3NO6S/c1-29-15-8-4-6-13(18(15)30-2)11-25-19(28)16(10-17(26)27)32-20(25)12-5-3-7-14(9-12)31-21(22,23)24/h3-9,16,20H,10-11H2,1-2H3,(H,26,27). The van der Waals surface area contributed by atoms with Gasteiger partial charge in [0, 0.05) is 5.56 Å². The topological polar surface area (TPSA) is 85.3 Å². The molecule has 0 spiro atoms. The fraction of sp³-hybridized carbons (Fsp3) is 0.333. The molecule has 1 N–H and O–H groups in total. The Balaban J connectivity index is 1.97. The number of nitrogens with zero attached hydrogens (tertiary/aromatic N) is 1. The molecule has 0 radical (unpaired) electrons. The summed E-state index contributed by atoms with van der Waals surface area (Å²) >= 11 is 1.06. The second-order valence-electron chi connectivity index (χ2n) is 6.81. The first-order valence-corrected chi connectivity index (χ1v) is 10.3. The Bertz CT molecular complexity index is 1000. The highest BCUT2D eigenvalue weighted by Gasteiger charge is 2.42. The van der Waals surface area contributed by atoms with Crippen molar-refractivity contribution in [2.45, 2.75) is 30.0 Å². The number of carbonyl (C=O) groups is 2. The number of carbonyl (C=O) groups excluding carboxylic acids is 1. The lowest BCUT2D eigenvalue weighted by atomic mass is 10.1. The van der Waals surface area contributed by atoms with Crippen molar-refractivity contribution >= 4 is 23.6 Å². The number of para-hydroxylation sites is 1. The summed E-state index contributed by atoms with van der Waals surface area (Å²) < 4.78 is 52.7. The molecule has 2 unspecified atom stereocenters. The molecule has 1 aliphatic heterocycles. The molecule has 1 amide bonds. The maximum atomic E-state index is 13.1. The number of carboxylic acids is 1. The molecular weight excluding hydrogens is 451 g/mol. The third kappa shape index (κ3) is 5.39. The molecule has 0 bridgehead atoms. The molecule has 7 nitrogen and oxygen atoms in total. The molecule has 1 fully saturated rings. The van der Waals surface area contributed by atoms with E-state index in [1.54, 1.807) is 24.3 Å². The second-order valence-corrected chi connectivity index (χ2v) is 8.10. The first-order valence-electron chi connectivity index (χ1n) is 9.36. The number of ether oxygens (including phenoxy) is 3. The third-order valence-corrected chi connectivity index (χ3v) is 6.18. The van der Waals surface area contributed by atoms with Gasteiger partial charge in [-0.1, -0.05) is 24.3 Å². The van der Waals surface area contributed by atoms with Crippen LogP contribution in [0.5, 0.6) is 17.2 Å². The summed E-state index contributed by atoms with van der Waals surface area (Å²) in [5, 5.41) is 7.57. The molecule has 32 heavy (non-hydrogen) atoms. The van der Waals surface area contributed by atoms with Gasteiger partial charge in [-0.25, -0.2) is 0 Å². The Morgan fingerprint density at radius 1 is 1.16 bits per heavy atom. The molecule has 172 valence electrons. The Morgan fingerprint density at radius 2 is 1.88 bits per heavy atom. The number of carboxylic acid groups (broad SMARTS) is 1. The zero-order valence-corrected chi connectivity index (χ0v) is 17.9. The van der Waals surface area contributed by atoms with Gasteiger partial charge in [-0.2, -0.15) is 0 Å². The number of thioether (sulfide) groups is 1. The maximum Gasteiger partial charge on any atom is 0.573 e. The maximum absolute atomic E-state index is 13.1. The Hall–Kier alpha value is -3.08. The van der Waals surface area contributed by atoms with Crippen LogP contribution in [0.1, 0.15) is 22.9 Å². The highest BCUT2D eigenvalue weighted by atomic mass is 32.2. The number of halogens is 3. The minimum Gasteiger partial charge on any atom is -0.493 e. The normalized spacial score (nSPS) is 18.5. The van der Waals surface area contributed by atoms with E-state index < -0.39 is 41.0 Å². The van der Waals surface area contributed by atoms with Crippen LogP contribution in [0.25, 0.3) is 0 Å². The molecule has 0 saturated carbocycles. The van der Waals surface area contributed by atoms with Crippen molar-refractivity contribution in [2.24, 2.45) is 0 Å². The fourth-order valence-electron chi connectivity index (χ4n) is 3.43. The first-order chi connectivity index (χ1) is 15.1. The van der Waals surface area contributed by atoms with Crippen LogP contribution in [0.4, 0.5) is 13.2 Å². The van der Waals surface area contributed by atoms with E-state index in [9.17, 15) is 27.9 Å². The van der Waals surface area contributed by atoms with Crippen LogP contribution in [0.3, 0.4) is 0 Å². The lowest BCUT2D eigenvalue weighted by molar-refractivity contribution is -0.274. The monoisotopic (exact) mass is 471 g/mol. The van der Waals surface area contributed by atoms with E-state index in [-0.39, 0.29) is 6.54 Å². The molecule has 2 aromatic rings. The average molecular weight is 471 g/mol. The van der Waals surface area contributed by atoms with E-state index in [0.717, 1.165) is 17.8 Å². The van der Waals surface area contributed by atoms with E-state index in [4.69, 9.17) is 9.47 Å². The number of alkyl halides is 3. The van der Waals surface area contributed by atoms with Crippen LogP contribution in [0, 0.1) is 0 Å². The van der Waals surface area contributed by atoms with Crippen molar-refractivity contribution in [3.05, 3.63) is 53.6 Å². The molecule has 11 heteroatoms. The minimum absolute atomic E-state index is 0.0390. The zero-order valence-electron chi connectivity index (χ0n) is 17.1. The van der Waals surface area contributed by atoms with Crippen molar-refractivity contribution in [3.8, 4) is 17.2 Å². The van der Waals surface area contributed by atoms with Crippen LogP contribution < -0.4 is 14.2 Å². The number of rotatable bonds is 8. The van der Waals surface area contributed by atoms with E-state index >= 15 is 0 Å². The Labute approximate surface area is 186 Å². The molecule has 1 saturated heterocycles. The molecule has 0 aliphatic carbocycles. The van der Waals surface area contributed by atoms with Gasteiger partial charge < -0.3 is 24.2 Å². The number of hydrogen-bond acceptors (Lipinski definition) is 6. The summed E-state index contributed by atoms with van der Waals surface area (Å²) in [7, 11) is 2.92. The van der Waals surface area contributed by atoms with Gasteiger partial charge in [-0.15, -0.1) is 24.9 Å². The SMILES string of the molecule is COc1cccc(CN2C(=O)C(CC(=O)O)SC2c2cccc(OC(F)(F)F)c2)c1OC. The summed E-state index contributed by atoms with van der Waals surface area (Å²) in [6.45, 7) is 0.0390. The van der Waals surface area contributed by atoms with E-state index in [1.807, 2.05) is 0 Å². The van der Waals surface area contributed by atoms with Gasteiger partial charge in [0.05, 0.1) is 32.4 Å². The van der Waals surface area contributed by atoms with Gasteiger partial charge in [-0.05, 0) is 23.8 Å². The predicted octanol–water partition coefficient (Wildman–Crippen LogP) is 4.22. The van der Waals surface area contributed by atoms with Gasteiger partial charge in [0.2, 0.25) is 5.91 Å². The molecule has 1 heterocycles. The summed E-state index contributed by atoms with van der Waals surface area (Å²) in [5.41, 5.74) is 0.976. The molecule has 2 atom stereocenters. The van der Waals surface area contributed by atoms with Gasteiger partial charge in [0.25, 0.3) is 0 Å². The smallest absolute Gasteiger partial charge is 0.493 e. The Morgan fingerprint density at radius 3 is 2.50 bits per heavy atom. The van der Waals surface area contributed by atoms with E-state index in [0.29, 0.717) is 22.6 Å². The summed E-state index contributed by atoms with van der Waals surface area (Å²) in [4.78, 5) is 25.7.